The minimum absolute atomic E-state index is 0.644. The maximum Gasteiger partial charge on any atom is 0.0166 e. The van der Waals surface area contributed by atoms with Crippen molar-refractivity contribution in [3.05, 3.63) is 0 Å². The van der Waals surface area contributed by atoms with Crippen LogP contribution in [-0.2, 0) is 0 Å². The predicted octanol–water partition coefficient (Wildman–Crippen LogP) is 1.79. The molecule has 0 amide bonds. The summed E-state index contributed by atoms with van der Waals surface area (Å²) in [7, 11) is 0. The fourth-order valence-corrected chi connectivity index (χ4v) is 3.48. The molecule has 106 valence electrons. The molecule has 0 saturated carbocycles. The lowest BCUT2D eigenvalue weighted by atomic mass is 9.96. The monoisotopic (exact) mass is 253 g/mol. The van der Waals surface area contributed by atoms with Crippen LogP contribution in [0.4, 0.5) is 0 Å². The molecule has 2 aliphatic rings. The normalized spacial score (nSPS) is 25.7. The van der Waals surface area contributed by atoms with Crippen molar-refractivity contribution in [1.29, 1.82) is 0 Å². The zero-order chi connectivity index (χ0) is 12.8. The number of hydrogen-bond acceptors (Lipinski definition) is 3. The summed E-state index contributed by atoms with van der Waals surface area (Å²) in [5.74, 6) is 0.966. The molecule has 2 fully saturated rings. The average molecular weight is 253 g/mol. The lowest BCUT2D eigenvalue weighted by Crippen LogP contribution is -2.44. The zero-order valence-corrected chi connectivity index (χ0v) is 12.3. The van der Waals surface area contributed by atoms with E-state index in [0.717, 1.165) is 12.5 Å². The largest absolute Gasteiger partial charge is 0.313 e. The number of nitrogens with zero attached hydrogens (tertiary/aromatic N) is 2. The van der Waals surface area contributed by atoms with Crippen LogP contribution in [0.5, 0.6) is 0 Å². The minimum atomic E-state index is 0.644. The van der Waals surface area contributed by atoms with E-state index < -0.39 is 0 Å². The molecule has 2 rings (SSSR count). The molecule has 1 atom stereocenters. The Kier molecular flexibility index (Phi) is 5.93. The molecule has 0 bridgehead atoms. The van der Waals surface area contributed by atoms with Gasteiger partial charge in [-0.05, 0) is 71.2 Å². The van der Waals surface area contributed by atoms with E-state index in [1.807, 2.05) is 0 Å². The van der Waals surface area contributed by atoms with Gasteiger partial charge in [-0.15, -0.1) is 0 Å². The van der Waals surface area contributed by atoms with E-state index >= 15 is 0 Å². The van der Waals surface area contributed by atoms with Gasteiger partial charge in [0.2, 0.25) is 0 Å². The molecule has 0 radical (unpaired) electrons. The smallest absolute Gasteiger partial charge is 0.0166 e. The van der Waals surface area contributed by atoms with Crippen LogP contribution >= 0.6 is 0 Å². The van der Waals surface area contributed by atoms with Crippen molar-refractivity contribution in [2.75, 3.05) is 45.8 Å². The van der Waals surface area contributed by atoms with E-state index in [1.54, 1.807) is 0 Å². The van der Waals surface area contributed by atoms with Gasteiger partial charge in [-0.3, -0.25) is 0 Å². The summed E-state index contributed by atoms with van der Waals surface area (Å²) in [4.78, 5) is 5.33. The first-order chi connectivity index (χ1) is 8.78. The van der Waals surface area contributed by atoms with Gasteiger partial charge in [0.15, 0.2) is 0 Å². The maximum atomic E-state index is 3.51. The molecule has 18 heavy (non-hydrogen) atoms. The second-order valence-electron chi connectivity index (χ2n) is 6.21. The number of hydrogen-bond donors (Lipinski definition) is 1. The first-order valence-corrected chi connectivity index (χ1v) is 7.96. The number of likely N-dealkylation sites (N-methyl/N-ethyl adjacent to an activating group) is 1. The summed E-state index contributed by atoms with van der Waals surface area (Å²) in [5.41, 5.74) is 0. The van der Waals surface area contributed by atoms with Crippen LogP contribution in [0.2, 0.25) is 0 Å². The topological polar surface area (TPSA) is 18.5 Å². The summed E-state index contributed by atoms with van der Waals surface area (Å²) in [6.07, 6.45) is 5.68. The molecular formula is C15H31N3. The highest BCUT2D eigenvalue weighted by Gasteiger charge is 2.23. The number of likely N-dealkylation sites (tertiary alicyclic amines) is 2. The van der Waals surface area contributed by atoms with Crippen molar-refractivity contribution in [2.45, 2.75) is 45.6 Å². The summed E-state index contributed by atoms with van der Waals surface area (Å²) >= 11 is 0. The van der Waals surface area contributed by atoms with Crippen LogP contribution in [0.15, 0.2) is 0 Å². The zero-order valence-electron chi connectivity index (χ0n) is 12.3. The SMILES string of the molecule is CCNC(C)CN1CCC(CN2CCCC2)CC1. The first-order valence-electron chi connectivity index (χ1n) is 7.96. The van der Waals surface area contributed by atoms with Gasteiger partial charge in [0, 0.05) is 19.1 Å². The van der Waals surface area contributed by atoms with Crippen molar-refractivity contribution in [3.63, 3.8) is 0 Å². The predicted molar refractivity (Wildman–Crippen MR) is 78.0 cm³/mol. The van der Waals surface area contributed by atoms with Crippen molar-refractivity contribution < 1.29 is 0 Å². The lowest BCUT2D eigenvalue weighted by molar-refractivity contribution is 0.146. The molecule has 2 aliphatic heterocycles. The Morgan fingerprint density at radius 3 is 2.33 bits per heavy atom. The molecule has 0 aromatic rings. The second-order valence-corrected chi connectivity index (χ2v) is 6.21. The molecule has 3 heteroatoms. The number of rotatable bonds is 6. The third-order valence-corrected chi connectivity index (χ3v) is 4.51. The summed E-state index contributed by atoms with van der Waals surface area (Å²) in [6, 6.07) is 0.644. The molecule has 3 nitrogen and oxygen atoms in total. The summed E-state index contributed by atoms with van der Waals surface area (Å²) < 4.78 is 0. The highest BCUT2D eigenvalue weighted by atomic mass is 15.2. The Labute approximate surface area is 113 Å². The Balaban J connectivity index is 1.61. The molecule has 2 heterocycles. The van der Waals surface area contributed by atoms with E-state index in [1.165, 1.54) is 65.0 Å². The molecule has 2 saturated heterocycles. The molecule has 1 unspecified atom stereocenters. The van der Waals surface area contributed by atoms with Crippen LogP contribution in [0.25, 0.3) is 0 Å². The fraction of sp³-hybridized carbons (Fsp3) is 1.00. The van der Waals surface area contributed by atoms with Crippen molar-refractivity contribution in [3.8, 4) is 0 Å². The third-order valence-electron chi connectivity index (χ3n) is 4.51. The van der Waals surface area contributed by atoms with Crippen LogP contribution in [0, 0.1) is 5.92 Å². The lowest BCUT2D eigenvalue weighted by Gasteiger charge is -2.35. The van der Waals surface area contributed by atoms with Gasteiger partial charge in [0.05, 0.1) is 0 Å². The molecule has 1 N–H and O–H groups in total. The van der Waals surface area contributed by atoms with E-state index in [4.69, 9.17) is 0 Å². The highest BCUT2D eigenvalue weighted by Crippen LogP contribution is 2.20. The second kappa shape index (κ2) is 7.46. The van der Waals surface area contributed by atoms with Crippen molar-refractivity contribution in [1.82, 2.24) is 15.1 Å². The summed E-state index contributed by atoms with van der Waals surface area (Å²) in [6.45, 7) is 13.5. The van der Waals surface area contributed by atoms with Gasteiger partial charge in [-0.2, -0.15) is 0 Å². The van der Waals surface area contributed by atoms with Crippen molar-refractivity contribution in [2.24, 2.45) is 5.92 Å². The van der Waals surface area contributed by atoms with E-state index in [-0.39, 0.29) is 0 Å². The third kappa shape index (κ3) is 4.52. The Hall–Kier alpha value is -0.120. The Morgan fingerprint density at radius 1 is 1.06 bits per heavy atom. The highest BCUT2D eigenvalue weighted by molar-refractivity contribution is 4.78. The Bertz CT molecular complexity index is 218. The van der Waals surface area contributed by atoms with Gasteiger partial charge in [-0.1, -0.05) is 6.92 Å². The van der Waals surface area contributed by atoms with Gasteiger partial charge < -0.3 is 15.1 Å². The average Bonchev–Trinajstić information content (AvgIpc) is 2.85. The molecule has 0 aliphatic carbocycles. The summed E-state index contributed by atoms with van der Waals surface area (Å²) in [5, 5.41) is 3.51. The standard InChI is InChI=1S/C15H31N3/c1-3-16-14(2)12-18-10-6-15(7-11-18)13-17-8-4-5-9-17/h14-16H,3-13H2,1-2H3. The van der Waals surface area contributed by atoms with Crippen LogP contribution in [0.3, 0.4) is 0 Å². The van der Waals surface area contributed by atoms with E-state index in [2.05, 4.69) is 29.0 Å². The first kappa shape index (κ1) is 14.3. The Morgan fingerprint density at radius 2 is 1.72 bits per heavy atom. The van der Waals surface area contributed by atoms with Crippen molar-refractivity contribution >= 4 is 0 Å². The number of nitrogens with one attached hydrogen (secondary N) is 1. The fourth-order valence-electron chi connectivity index (χ4n) is 3.48. The molecule has 0 aromatic heterocycles. The minimum Gasteiger partial charge on any atom is -0.313 e. The van der Waals surface area contributed by atoms with Gasteiger partial charge in [0.1, 0.15) is 0 Å². The van der Waals surface area contributed by atoms with E-state index in [9.17, 15) is 0 Å². The van der Waals surface area contributed by atoms with Gasteiger partial charge >= 0.3 is 0 Å². The van der Waals surface area contributed by atoms with E-state index in [0.29, 0.717) is 6.04 Å². The molecule has 0 aromatic carbocycles. The maximum absolute atomic E-state index is 3.51. The van der Waals surface area contributed by atoms with Crippen LogP contribution < -0.4 is 5.32 Å². The molecular weight excluding hydrogens is 222 g/mol. The van der Waals surface area contributed by atoms with Crippen LogP contribution in [0.1, 0.15) is 39.5 Å². The quantitative estimate of drug-likeness (QED) is 0.778. The number of piperidine rings is 1. The van der Waals surface area contributed by atoms with Gasteiger partial charge in [0.25, 0.3) is 0 Å². The van der Waals surface area contributed by atoms with Crippen LogP contribution in [-0.4, -0.2) is 61.7 Å². The van der Waals surface area contributed by atoms with Gasteiger partial charge in [-0.25, -0.2) is 0 Å². The molecule has 0 spiro atoms.